The highest BCUT2D eigenvalue weighted by Gasteiger charge is 2.29. The van der Waals surface area contributed by atoms with E-state index in [1.54, 1.807) is 0 Å². The van der Waals surface area contributed by atoms with Gasteiger partial charge in [-0.3, -0.25) is 10.8 Å². The van der Waals surface area contributed by atoms with Gasteiger partial charge in [0.25, 0.3) is 0 Å². The Labute approximate surface area is 115 Å². The minimum absolute atomic E-state index is 0.245. The normalized spacial score (nSPS) is 11.8. The monoisotopic (exact) mass is 305 g/mol. The van der Waals surface area contributed by atoms with Crippen LogP contribution in [0, 0.1) is 22.6 Å². The van der Waals surface area contributed by atoms with Crippen LogP contribution < -0.4 is 11.2 Å². The van der Waals surface area contributed by atoms with Crippen molar-refractivity contribution in [2.75, 3.05) is 5.43 Å². The molecule has 0 amide bonds. The second kappa shape index (κ2) is 6.25. The van der Waals surface area contributed by atoms with Crippen LogP contribution in [0.3, 0.4) is 0 Å². The zero-order valence-corrected chi connectivity index (χ0v) is 10.4. The van der Waals surface area contributed by atoms with Crippen molar-refractivity contribution < 1.29 is 17.6 Å². The maximum atomic E-state index is 13.5. The minimum Gasteiger partial charge on any atom is -0.382 e. The number of nitrogens with one attached hydrogen (secondary N) is 2. The lowest BCUT2D eigenvalue weighted by Crippen LogP contribution is -2.22. The second-order valence-corrected chi connectivity index (χ2v) is 4.43. The van der Waals surface area contributed by atoms with Crippen LogP contribution in [0.2, 0.25) is 0 Å². The molecule has 0 fully saturated rings. The summed E-state index contributed by atoms with van der Waals surface area (Å²) in [4.78, 5) is -0.323. The van der Waals surface area contributed by atoms with Crippen LogP contribution >= 0.6 is 11.8 Å². The molecule has 0 aliphatic rings. The summed E-state index contributed by atoms with van der Waals surface area (Å²) in [5, 5.41) is 18.9. The summed E-state index contributed by atoms with van der Waals surface area (Å²) < 4.78 is 49.8. The van der Waals surface area contributed by atoms with E-state index in [-0.39, 0.29) is 10.6 Å². The van der Waals surface area contributed by atoms with Gasteiger partial charge in [0, 0.05) is 4.90 Å². The van der Waals surface area contributed by atoms with Gasteiger partial charge in [0.05, 0.1) is 5.69 Å². The molecule has 0 saturated heterocycles. The van der Waals surface area contributed by atoms with Gasteiger partial charge in [-0.1, -0.05) is 0 Å². The van der Waals surface area contributed by atoms with E-state index in [1.165, 1.54) is 6.07 Å². The molecule has 0 atom stereocenters. The van der Waals surface area contributed by atoms with E-state index in [0.29, 0.717) is 6.07 Å². The summed E-state index contributed by atoms with van der Waals surface area (Å²) in [6.45, 7) is 0. The molecule has 0 unspecified atom stereocenters. The van der Waals surface area contributed by atoms with Crippen molar-refractivity contribution in [1.29, 1.82) is 10.7 Å². The number of alkyl halides is 3. The van der Waals surface area contributed by atoms with Crippen LogP contribution in [-0.4, -0.2) is 17.1 Å². The molecule has 0 aliphatic heterocycles. The standard InChI is InChI=1S/C10H7F4N5S/c11-6-3-5(20-10(12,13)14)1-2-7(6)18-19-8(4-15)9(16)17/h1-3,18H,(H3,16,17)/b19-8+. The lowest BCUT2D eigenvalue weighted by atomic mass is 10.3. The number of halogens is 4. The van der Waals surface area contributed by atoms with Gasteiger partial charge in [0.2, 0.25) is 5.71 Å². The fraction of sp³-hybridized carbons (Fsp3) is 0.100. The van der Waals surface area contributed by atoms with Crippen LogP contribution in [-0.2, 0) is 0 Å². The third-order valence-corrected chi connectivity index (χ3v) is 2.54. The Morgan fingerprint density at radius 2 is 2.10 bits per heavy atom. The average Bonchev–Trinajstić information content (AvgIpc) is 2.29. The molecule has 0 saturated carbocycles. The smallest absolute Gasteiger partial charge is 0.382 e. The third-order valence-electron chi connectivity index (χ3n) is 1.82. The average molecular weight is 305 g/mol. The van der Waals surface area contributed by atoms with Gasteiger partial charge >= 0.3 is 5.51 Å². The lowest BCUT2D eigenvalue weighted by Gasteiger charge is -2.07. The van der Waals surface area contributed by atoms with Crippen molar-refractivity contribution in [1.82, 2.24) is 0 Å². The van der Waals surface area contributed by atoms with Crippen LogP contribution in [0.4, 0.5) is 23.2 Å². The number of anilines is 1. The number of nitriles is 1. The molecule has 0 radical (unpaired) electrons. The van der Waals surface area contributed by atoms with Gasteiger partial charge in [0.15, 0.2) is 5.84 Å². The minimum atomic E-state index is -4.51. The predicted octanol–water partition coefficient (Wildman–Crippen LogP) is 2.67. The number of hydrazone groups is 1. The Morgan fingerprint density at radius 1 is 1.45 bits per heavy atom. The number of nitrogens with zero attached hydrogens (tertiary/aromatic N) is 2. The first-order valence-corrected chi connectivity index (χ1v) is 5.68. The van der Waals surface area contributed by atoms with Gasteiger partial charge in [-0.15, -0.1) is 0 Å². The molecule has 1 aromatic carbocycles. The highest BCUT2D eigenvalue weighted by molar-refractivity contribution is 8.00. The quantitative estimate of drug-likeness (QED) is 0.262. The Bertz CT molecular complexity index is 590. The molecule has 0 heterocycles. The first-order chi connectivity index (χ1) is 9.23. The van der Waals surface area contributed by atoms with Gasteiger partial charge < -0.3 is 5.73 Å². The fourth-order valence-electron chi connectivity index (χ4n) is 1.05. The number of amidine groups is 1. The number of rotatable bonds is 4. The Hall–Kier alpha value is -2.28. The predicted molar refractivity (Wildman–Crippen MR) is 66.9 cm³/mol. The van der Waals surface area contributed by atoms with Crippen LogP contribution in [0.5, 0.6) is 0 Å². The third kappa shape index (κ3) is 4.77. The van der Waals surface area contributed by atoms with E-state index in [4.69, 9.17) is 16.4 Å². The molecule has 106 valence electrons. The molecule has 4 N–H and O–H groups in total. The van der Waals surface area contributed by atoms with Crippen molar-refractivity contribution in [3.05, 3.63) is 24.0 Å². The molecule has 1 rings (SSSR count). The van der Waals surface area contributed by atoms with Crippen molar-refractivity contribution in [3.8, 4) is 6.07 Å². The van der Waals surface area contributed by atoms with Gasteiger partial charge in [0.1, 0.15) is 11.9 Å². The van der Waals surface area contributed by atoms with E-state index < -0.39 is 34.6 Å². The number of thioether (sulfide) groups is 1. The lowest BCUT2D eigenvalue weighted by molar-refractivity contribution is -0.0328. The van der Waals surface area contributed by atoms with Crippen LogP contribution in [0.25, 0.3) is 0 Å². The number of nitrogens with two attached hydrogens (primary N) is 1. The number of benzene rings is 1. The van der Waals surface area contributed by atoms with E-state index in [0.717, 1.165) is 12.1 Å². The first-order valence-electron chi connectivity index (χ1n) is 4.86. The molecule has 10 heteroatoms. The summed E-state index contributed by atoms with van der Waals surface area (Å²) in [5.74, 6) is -1.60. The maximum absolute atomic E-state index is 13.5. The summed E-state index contributed by atoms with van der Waals surface area (Å²) in [6.07, 6.45) is 0. The first kappa shape index (κ1) is 15.8. The zero-order chi connectivity index (χ0) is 15.3. The van der Waals surface area contributed by atoms with Crippen molar-refractivity contribution in [3.63, 3.8) is 0 Å². The van der Waals surface area contributed by atoms with E-state index in [1.807, 2.05) is 0 Å². The second-order valence-electron chi connectivity index (χ2n) is 3.29. The Morgan fingerprint density at radius 3 is 2.55 bits per heavy atom. The van der Waals surface area contributed by atoms with Crippen molar-refractivity contribution in [2.45, 2.75) is 10.4 Å². The molecule has 1 aromatic rings. The van der Waals surface area contributed by atoms with E-state index in [9.17, 15) is 17.6 Å². The Kier molecular flexibility index (Phi) is 4.93. The van der Waals surface area contributed by atoms with E-state index >= 15 is 0 Å². The van der Waals surface area contributed by atoms with Gasteiger partial charge in [-0.25, -0.2) is 4.39 Å². The van der Waals surface area contributed by atoms with Crippen molar-refractivity contribution >= 4 is 29.0 Å². The molecule has 0 spiro atoms. The van der Waals surface area contributed by atoms with E-state index in [2.05, 4.69) is 10.5 Å². The van der Waals surface area contributed by atoms with Crippen LogP contribution in [0.1, 0.15) is 0 Å². The molecule has 20 heavy (non-hydrogen) atoms. The largest absolute Gasteiger partial charge is 0.446 e. The summed E-state index contributed by atoms with van der Waals surface area (Å²) >= 11 is -0.453. The van der Waals surface area contributed by atoms with Gasteiger partial charge in [-0.05, 0) is 30.0 Å². The fourth-order valence-corrected chi connectivity index (χ4v) is 1.61. The topological polar surface area (TPSA) is 98.0 Å². The SMILES string of the molecule is N#C/C(=N\Nc1ccc(SC(F)(F)F)cc1F)C(=N)N. The molecule has 0 bridgehead atoms. The highest BCUT2D eigenvalue weighted by atomic mass is 32.2. The number of hydrogen-bond acceptors (Lipinski definition) is 5. The molecule has 5 nitrogen and oxygen atoms in total. The highest BCUT2D eigenvalue weighted by Crippen LogP contribution is 2.37. The zero-order valence-electron chi connectivity index (χ0n) is 9.62. The van der Waals surface area contributed by atoms with Crippen LogP contribution in [0.15, 0.2) is 28.2 Å². The molecular weight excluding hydrogens is 298 g/mol. The Balaban J connectivity index is 2.90. The summed E-state index contributed by atoms with van der Waals surface area (Å²) in [5.41, 5.74) is 1.89. The maximum Gasteiger partial charge on any atom is 0.446 e. The van der Waals surface area contributed by atoms with Gasteiger partial charge in [-0.2, -0.15) is 23.5 Å². The summed E-state index contributed by atoms with van der Waals surface area (Å²) in [7, 11) is 0. The molecule has 0 aromatic heterocycles. The molecular formula is C10H7F4N5S. The van der Waals surface area contributed by atoms with Crippen molar-refractivity contribution in [2.24, 2.45) is 10.8 Å². The molecule has 0 aliphatic carbocycles. The number of hydrogen-bond donors (Lipinski definition) is 3. The summed E-state index contributed by atoms with van der Waals surface area (Å²) in [6, 6.07) is 4.24.